The number of benzene rings is 1. The van der Waals surface area contributed by atoms with Crippen LogP contribution in [-0.4, -0.2) is 46.9 Å². The fourth-order valence-corrected chi connectivity index (χ4v) is 4.24. The maximum atomic E-state index is 12.4. The van der Waals surface area contributed by atoms with E-state index in [2.05, 4.69) is 37.3 Å². The molecule has 4 heterocycles. The number of hydrogen-bond acceptors (Lipinski definition) is 8. The molecule has 2 atom stereocenters. The highest BCUT2D eigenvalue weighted by molar-refractivity contribution is 5.89. The van der Waals surface area contributed by atoms with Gasteiger partial charge in [-0.25, -0.2) is 5.43 Å². The van der Waals surface area contributed by atoms with E-state index >= 15 is 0 Å². The summed E-state index contributed by atoms with van der Waals surface area (Å²) in [4.78, 5) is 12.4. The molecule has 9 nitrogen and oxygen atoms in total. The van der Waals surface area contributed by atoms with Crippen molar-refractivity contribution in [3.05, 3.63) is 47.5 Å². The zero-order valence-corrected chi connectivity index (χ0v) is 15.8. The van der Waals surface area contributed by atoms with Gasteiger partial charge in [-0.05, 0) is 50.2 Å². The zero-order chi connectivity index (χ0) is 19.8. The van der Waals surface area contributed by atoms with Gasteiger partial charge in [0.25, 0.3) is 0 Å². The van der Waals surface area contributed by atoms with Crippen molar-refractivity contribution in [2.45, 2.75) is 24.9 Å². The number of allylic oxidation sites excluding steroid dienone is 1. The van der Waals surface area contributed by atoms with E-state index in [9.17, 15) is 4.79 Å². The third kappa shape index (κ3) is 3.26. The highest BCUT2D eigenvalue weighted by Gasteiger charge is 2.44. The topological polar surface area (TPSA) is 119 Å². The number of carbonyl (C=O) groups is 1. The van der Waals surface area contributed by atoms with Crippen molar-refractivity contribution in [1.29, 1.82) is 5.26 Å². The first kappa shape index (κ1) is 17.8. The third-order valence-corrected chi connectivity index (χ3v) is 5.76. The van der Waals surface area contributed by atoms with Crippen molar-refractivity contribution >= 4 is 5.91 Å². The van der Waals surface area contributed by atoms with E-state index in [-0.39, 0.29) is 18.0 Å². The molecule has 1 aromatic heterocycles. The van der Waals surface area contributed by atoms with Gasteiger partial charge in [0.1, 0.15) is 6.17 Å². The van der Waals surface area contributed by atoms with E-state index < -0.39 is 0 Å². The molecule has 1 amide bonds. The second-order valence-corrected chi connectivity index (χ2v) is 7.52. The van der Waals surface area contributed by atoms with Crippen LogP contribution in [0, 0.1) is 17.2 Å². The molecule has 0 spiro atoms. The summed E-state index contributed by atoms with van der Waals surface area (Å²) < 4.78 is 5.94. The van der Waals surface area contributed by atoms with Crippen LogP contribution in [0.25, 0.3) is 11.5 Å². The van der Waals surface area contributed by atoms with Crippen LogP contribution in [0.5, 0.6) is 0 Å². The zero-order valence-electron chi connectivity index (χ0n) is 15.8. The van der Waals surface area contributed by atoms with Crippen LogP contribution in [0.3, 0.4) is 0 Å². The monoisotopic (exact) mass is 391 g/mol. The summed E-state index contributed by atoms with van der Waals surface area (Å²) in [5.41, 5.74) is 5.78. The number of hydrogen-bond donors (Lipinski definition) is 3. The van der Waals surface area contributed by atoms with Crippen molar-refractivity contribution < 1.29 is 9.21 Å². The number of rotatable bonds is 3. The summed E-state index contributed by atoms with van der Waals surface area (Å²) in [5, 5.41) is 25.8. The first-order chi connectivity index (χ1) is 14.2. The molecule has 148 valence electrons. The Morgan fingerprint density at radius 1 is 1.17 bits per heavy atom. The predicted molar refractivity (Wildman–Crippen MR) is 103 cm³/mol. The Morgan fingerprint density at radius 3 is 2.72 bits per heavy atom. The second-order valence-electron chi connectivity index (χ2n) is 7.52. The number of piperidine rings is 1. The molecule has 0 radical (unpaired) electrons. The SMILES string of the molecule is N#Cc1ccc(-c2nnc(C3CNN4C(C5CCNCC5)=CC(=O)NC34)o2)cc1. The van der Waals surface area contributed by atoms with Gasteiger partial charge in [0.2, 0.25) is 17.7 Å². The molecule has 0 bridgehead atoms. The maximum absolute atomic E-state index is 12.4. The second kappa shape index (κ2) is 7.31. The summed E-state index contributed by atoms with van der Waals surface area (Å²) >= 11 is 0. The summed E-state index contributed by atoms with van der Waals surface area (Å²) in [7, 11) is 0. The van der Waals surface area contributed by atoms with Gasteiger partial charge in [-0.15, -0.1) is 10.2 Å². The number of hydrazine groups is 1. The Balaban J connectivity index is 1.38. The van der Waals surface area contributed by atoms with E-state index in [1.807, 2.05) is 0 Å². The van der Waals surface area contributed by atoms with E-state index in [4.69, 9.17) is 9.68 Å². The minimum atomic E-state index is -0.258. The predicted octanol–water partition coefficient (Wildman–Crippen LogP) is 0.851. The lowest BCUT2D eigenvalue weighted by atomic mass is 9.92. The van der Waals surface area contributed by atoms with Gasteiger partial charge < -0.3 is 15.1 Å². The van der Waals surface area contributed by atoms with E-state index in [1.165, 1.54) is 0 Å². The fraction of sp³-hybridized carbons (Fsp3) is 0.400. The number of nitriles is 1. The molecular formula is C20H21N7O2. The first-order valence-electron chi connectivity index (χ1n) is 9.82. The van der Waals surface area contributed by atoms with Gasteiger partial charge in [-0.1, -0.05) is 0 Å². The smallest absolute Gasteiger partial charge is 0.247 e. The minimum Gasteiger partial charge on any atom is -0.420 e. The van der Waals surface area contributed by atoms with Crippen molar-refractivity contribution in [3.63, 3.8) is 0 Å². The van der Waals surface area contributed by atoms with E-state index in [0.717, 1.165) is 37.2 Å². The van der Waals surface area contributed by atoms with Gasteiger partial charge in [0.05, 0.1) is 17.6 Å². The number of nitrogens with one attached hydrogen (secondary N) is 3. The van der Waals surface area contributed by atoms with E-state index in [0.29, 0.717) is 29.8 Å². The lowest BCUT2D eigenvalue weighted by molar-refractivity contribution is -0.119. The molecular weight excluding hydrogens is 370 g/mol. The van der Waals surface area contributed by atoms with Crippen molar-refractivity contribution in [2.24, 2.45) is 5.92 Å². The fourth-order valence-electron chi connectivity index (χ4n) is 4.24. The van der Waals surface area contributed by atoms with Crippen LogP contribution in [0.2, 0.25) is 0 Å². The Kier molecular flexibility index (Phi) is 4.50. The molecule has 3 aliphatic heterocycles. The number of nitrogens with zero attached hydrogens (tertiary/aromatic N) is 4. The molecule has 3 aliphatic rings. The average molecular weight is 391 g/mol. The Labute approximate surface area is 167 Å². The van der Waals surface area contributed by atoms with Gasteiger partial charge in [0.15, 0.2) is 0 Å². The van der Waals surface area contributed by atoms with Gasteiger partial charge in [0, 0.05) is 29.8 Å². The summed E-state index contributed by atoms with van der Waals surface area (Å²) in [6.45, 7) is 2.52. The van der Waals surface area contributed by atoms with Crippen molar-refractivity contribution in [3.8, 4) is 17.5 Å². The molecule has 2 aromatic rings. The molecule has 5 rings (SSSR count). The summed E-state index contributed by atoms with van der Waals surface area (Å²) in [5.74, 6) is 1.01. The Morgan fingerprint density at radius 2 is 1.97 bits per heavy atom. The largest absolute Gasteiger partial charge is 0.420 e. The third-order valence-electron chi connectivity index (χ3n) is 5.76. The normalized spacial score (nSPS) is 24.6. The van der Waals surface area contributed by atoms with Crippen LogP contribution in [0.15, 0.2) is 40.5 Å². The molecule has 3 N–H and O–H groups in total. The number of fused-ring (bicyclic) bond motifs is 1. The standard InChI is InChI=1S/C20H21N7O2/c21-10-12-1-3-14(4-2-12)19-25-26-20(29-19)15-11-23-27-16(9-17(28)24-18(15)27)13-5-7-22-8-6-13/h1-4,9,13,15,18,22-23H,5-8,11H2,(H,24,28). The molecule has 2 saturated heterocycles. The molecule has 2 fully saturated rings. The molecule has 2 unspecified atom stereocenters. The number of carbonyl (C=O) groups excluding carboxylic acids is 1. The van der Waals surface area contributed by atoms with Crippen molar-refractivity contribution in [1.82, 2.24) is 31.3 Å². The molecule has 9 heteroatoms. The molecule has 0 aliphatic carbocycles. The van der Waals surface area contributed by atoms with Crippen LogP contribution in [0.4, 0.5) is 0 Å². The Bertz CT molecular complexity index is 985. The number of amides is 1. The van der Waals surface area contributed by atoms with Crippen LogP contribution in [-0.2, 0) is 4.79 Å². The lowest BCUT2D eigenvalue weighted by Crippen LogP contribution is -2.53. The van der Waals surface area contributed by atoms with Crippen LogP contribution in [0.1, 0.15) is 30.2 Å². The van der Waals surface area contributed by atoms with Crippen LogP contribution < -0.4 is 16.1 Å². The molecule has 1 aromatic carbocycles. The Hall–Kier alpha value is -3.22. The quantitative estimate of drug-likeness (QED) is 0.705. The average Bonchev–Trinajstić information content (AvgIpc) is 3.41. The van der Waals surface area contributed by atoms with Crippen LogP contribution >= 0.6 is 0 Å². The highest BCUT2D eigenvalue weighted by atomic mass is 16.4. The van der Waals surface area contributed by atoms with E-state index in [1.54, 1.807) is 30.3 Å². The first-order valence-corrected chi connectivity index (χ1v) is 9.82. The van der Waals surface area contributed by atoms with Gasteiger partial charge in [-0.3, -0.25) is 9.80 Å². The number of aromatic nitrogens is 2. The summed E-state index contributed by atoms with van der Waals surface area (Å²) in [6.07, 6.45) is 3.47. The molecule has 29 heavy (non-hydrogen) atoms. The van der Waals surface area contributed by atoms with Crippen molar-refractivity contribution in [2.75, 3.05) is 19.6 Å². The van der Waals surface area contributed by atoms with Gasteiger partial charge >= 0.3 is 0 Å². The summed E-state index contributed by atoms with van der Waals surface area (Å²) in [6, 6.07) is 9.10. The van der Waals surface area contributed by atoms with Gasteiger partial charge in [-0.2, -0.15) is 5.26 Å². The molecule has 0 saturated carbocycles. The lowest BCUT2D eigenvalue weighted by Gasteiger charge is -2.38. The maximum Gasteiger partial charge on any atom is 0.247 e. The highest BCUT2D eigenvalue weighted by Crippen LogP contribution is 2.35. The minimum absolute atomic E-state index is 0.0830.